The van der Waals surface area contributed by atoms with Crippen LogP contribution in [-0.2, 0) is 4.79 Å². The van der Waals surface area contributed by atoms with E-state index in [1.807, 2.05) is 29.6 Å². The number of ketones is 1. The summed E-state index contributed by atoms with van der Waals surface area (Å²) in [4.78, 5) is 26.2. The molecule has 0 unspecified atom stereocenters. The molecule has 1 aromatic heterocycles. The maximum Gasteiger partial charge on any atom is 0.264 e. The van der Waals surface area contributed by atoms with E-state index in [-0.39, 0.29) is 11.7 Å². The molecule has 104 valence electrons. The number of rotatable bonds is 1. The minimum atomic E-state index is 0.0636. The van der Waals surface area contributed by atoms with Crippen LogP contribution in [0.2, 0.25) is 0 Å². The van der Waals surface area contributed by atoms with Crippen molar-refractivity contribution >= 4 is 33.8 Å². The lowest BCUT2D eigenvalue weighted by atomic mass is 10.1. The third kappa shape index (κ3) is 2.80. The number of hydrogen-bond acceptors (Lipinski definition) is 3. The molecule has 1 saturated heterocycles. The highest BCUT2D eigenvalue weighted by Gasteiger charge is 2.23. The summed E-state index contributed by atoms with van der Waals surface area (Å²) >= 11 is 1.49. The van der Waals surface area contributed by atoms with Gasteiger partial charge in [-0.1, -0.05) is 24.3 Å². The summed E-state index contributed by atoms with van der Waals surface area (Å²) < 4.78 is 0. The maximum absolute atomic E-state index is 12.4. The molecule has 0 bridgehead atoms. The van der Waals surface area contributed by atoms with E-state index in [0.717, 1.165) is 15.6 Å². The highest BCUT2D eigenvalue weighted by molar-refractivity contribution is 7.13. The summed E-state index contributed by atoms with van der Waals surface area (Å²) in [5, 5.41) is 4.14. The van der Waals surface area contributed by atoms with Crippen LogP contribution in [-0.4, -0.2) is 29.7 Å². The molecule has 20 heavy (non-hydrogen) atoms. The van der Waals surface area contributed by atoms with Crippen LogP contribution in [0.3, 0.4) is 0 Å². The molecule has 3 nitrogen and oxygen atoms in total. The molecule has 0 spiro atoms. The molecule has 1 fully saturated rings. The zero-order valence-corrected chi connectivity index (χ0v) is 12.1. The molecular weight excluding hydrogens is 270 g/mol. The Morgan fingerprint density at radius 2 is 1.80 bits per heavy atom. The number of carbonyl (C=O) groups excluding carboxylic acids is 2. The molecule has 1 aliphatic rings. The van der Waals surface area contributed by atoms with Crippen LogP contribution >= 0.6 is 11.3 Å². The van der Waals surface area contributed by atoms with E-state index in [1.165, 1.54) is 11.3 Å². The van der Waals surface area contributed by atoms with Crippen molar-refractivity contribution in [3.05, 3.63) is 47.7 Å². The zero-order valence-electron chi connectivity index (χ0n) is 11.3. The summed E-state index contributed by atoms with van der Waals surface area (Å²) in [6.45, 7) is 7.12. The van der Waals surface area contributed by atoms with Crippen LogP contribution < -0.4 is 0 Å². The van der Waals surface area contributed by atoms with Crippen molar-refractivity contribution in [2.75, 3.05) is 13.1 Å². The number of hydrogen-bond donors (Lipinski definition) is 0. The largest absolute Gasteiger partial charge is 0.337 e. The smallest absolute Gasteiger partial charge is 0.264 e. The van der Waals surface area contributed by atoms with Gasteiger partial charge in [0.25, 0.3) is 5.91 Å². The van der Waals surface area contributed by atoms with E-state index in [9.17, 15) is 9.59 Å². The lowest BCUT2D eigenvalue weighted by molar-refractivity contribution is -0.120. The Balaban J connectivity index is 0.000000704. The number of benzene rings is 1. The first-order chi connectivity index (χ1) is 9.75. The first-order valence-corrected chi connectivity index (χ1v) is 7.41. The first-order valence-electron chi connectivity index (χ1n) is 6.53. The minimum absolute atomic E-state index is 0.0636. The van der Waals surface area contributed by atoms with Crippen LogP contribution in [0.15, 0.2) is 42.8 Å². The summed E-state index contributed by atoms with van der Waals surface area (Å²) in [6.07, 6.45) is 0.990. The number of fused-ring (bicyclic) bond motifs is 1. The van der Waals surface area contributed by atoms with Crippen LogP contribution in [0.4, 0.5) is 0 Å². The second kappa shape index (κ2) is 6.48. The van der Waals surface area contributed by atoms with E-state index in [4.69, 9.17) is 0 Å². The van der Waals surface area contributed by atoms with Crippen molar-refractivity contribution in [2.45, 2.75) is 12.8 Å². The molecule has 2 aromatic rings. The standard InChI is InChI=1S/C14H13NO2S.C2H4/c16-11-5-7-15(8-6-11)14(17)13-12-4-2-1-3-10(12)9-18-13;1-2/h1-4,9H,5-8H2;1-2H2. The third-order valence-electron chi connectivity index (χ3n) is 3.31. The fraction of sp³-hybridized carbons (Fsp3) is 0.250. The van der Waals surface area contributed by atoms with Gasteiger partial charge in [0.1, 0.15) is 5.78 Å². The molecular formula is C16H17NO2S. The van der Waals surface area contributed by atoms with Gasteiger partial charge in [0.15, 0.2) is 0 Å². The van der Waals surface area contributed by atoms with Crippen molar-refractivity contribution in [1.29, 1.82) is 0 Å². The summed E-state index contributed by atoms with van der Waals surface area (Å²) in [6, 6.07) is 7.92. The van der Waals surface area contributed by atoms with Crippen molar-refractivity contribution in [3.8, 4) is 0 Å². The number of amides is 1. The van der Waals surface area contributed by atoms with E-state index < -0.39 is 0 Å². The van der Waals surface area contributed by atoms with Gasteiger partial charge in [-0.25, -0.2) is 0 Å². The molecule has 1 aliphatic heterocycles. The molecule has 0 atom stereocenters. The van der Waals surface area contributed by atoms with Crippen LogP contribution in [0.1, 0.15) is 22.5 Å². The van der Waals surface area contributed by atoms with Gasteiger partial charge in [-0.05, 0) is 10.8 Å². The number of thiophene rings is 1. The van der Waals surface area contributed by atoms with Gasteiger partial charge in [0, 0.05) is 31.3 Å². The Kier molecular flexibility index (Phi) is 4.69. The predicted octanol–water partition coefficient (Wildman–Crippen LogP) is 3.51. The number of likely N-dealkylation sites (tertiary alicyclic amines) is 1. The van der Waals surface area contributed by atoms with E-state index in [0.29, 0.717) is 25.9 Å². The minimum Gasteiger partial charge on any atom is -0.337 e. The molecule has 0 saturated carbocycles. The SMILES string of the molecule is C=C.O=C1CCN(C(=O)c2scc3ccccc23)CC1. The van der Waals surface area contributed by atoms with E-state index >= 15 is 0 Å². The summed E-state index contributed by atoms with van der Waals surface area (Å²) in [5.74, 6) is 0.323. The maximum atomic E-state index is 12.4. The van der Waals surface area contributed by atoms with Gasteiger partial charge in [-0.2, -0.15) is 0 Å². The van der Waals surface area contributed by atoms with Gasteiger partial charge in [-0.3, -0.25) is 9.59 Å². The van der Waals surface area contributed by atoms with E-state index in [2.05, 4.69) is 13.2 Å². The molecule has 1 amide bonds. The monoisotopic (exact) mass is 287 g/mol. The lowest BCUT2D eigenvalue weighted by Crippen LogP contribution is -2.38. The third-order valence-corrected chi connectivity index (χ3v) is 4.31. The Morgan fingerprint density at radius 1 is 1.15 bits per heavy atom. The van der Waals surface area contributed by atoms with E-state index in [1.54, 1.807) is 4.90 Å². The van der Waals surface area contributed by atoms with Gasteiger partial charge in [-0.15, -0.1) is 24.5 Å². The number of carbonyl (C=O) groups is 2. The second-order valence-electron chi connectivity index (χ2n) is 4.48. The first kappa shape index (κ1) is 14.5. The molecule has 3 rings (SSSR count). The molecule has 0 aliphatic carbocycles. The zero-order chi connectivity index (χ0) is 14.5. The molecule has 0 radical (unpaired) electrons. The second-order valence-corrected chi connectivity index (χ2v) is 5.36. The van der Waals surface area contributed by atoms with Crippen LogP contribution in [0.5, 0.6) is 0 Å². The average Bonchev–Trinajstić information content (AvgIpc) is 2.93. The highest BCUT2D eigenvalue weighted by Crippen LogP contribution is 2.27. The average molecular weight is 287 g/mol. The van der Waals surface area contributed by atoms with Crippen LogP contribution in [0, 0.1) is 0 Å². The van der Waals surface area contributed by atoms with Gasteiger partial charge < -0.3 is 4.90 Å². The van der Waals surface area contributed by atoms with Gasteiger partial charge >= 0.3 is 0 Å². The fourth-order valence-corrected chi connectivity index (χ4v) is 3.25. The molecule has 0 N–H and O–H groups in total. The number of nitrogens with zero attached hydrogens (tertiary/aromatic N) is 1. The Bertz CT molecular complexity index is 622. The summed E-state index contributed by atoms with van der Waals surface area (Å²) in [7, 11) is 0. The fourth-order valence-electron chi connectivity index (χ4n) is 2.26. The number of piperidine rings is 1. The quantitative estimate of drug-likeness (QED) is 0.753. The lowest BCUT2D eigenvalue weighted by Gasteiger charge is -2.25. The highest BCUT2D eigenvalue weighted by atomic mass is 32.1. The van der Waals surface area contributed by atoms with Gasteiger partial charge in [0.2, 0.25) is 0 Å². The van der Waals surface area contributed by atoms with Crippen molar-refractivity contribution in [2.24, 2.45) is 0 Å². The van der Waals surface area contributed by atoms with Crippen molar-refractivity contribution < 1.29 is 9.59 Å². The molecule has 4 heteroatoms. The Labute approximate surface area is 122 Å². The van der Waals surface area contributed by atoms with Crippen molar-refractivity contribution in [3.63, 3.8) is 0 Å². The topological polar surface area (TPSA) is 37.4 Å². The number of Topliss-reactive ketones (excluding diaryl/α,β-unsaturated/α-hetero) is 1. The molecule has 1 aromatic carbocycles. The Hall–Kier alpha value is -1.94. The molecule has 2 heterocycles. The van der Waals surface area contributed by atoms with Crippen LogP contribution in [0.25, 0.3) is 10.8 Å². The van der Waals surface area contributed by atoms with Crippen molar-refractivity contribution in [1.82, 2.24) is 4.90 Å². The summed E-state index contributed by atoms with van der Waals surface area (Å²) in [5.41, 5.74) is 0. The van der Waals surface area contributed by atoms with Gasteiger partial charge in [0.05, 0.1) is 4.88 Å². The normalized spacial score (nSPS) is 14.8. The predicted molar refractivity (Wildman–Crippen MR) is 83.2 cm³/mol. The Morgan fingerprint density at radius 3 is 2.50 bits per heavy atom.